The Morgan fingerprint density at radius 3 is 2.70 bits per heavy atom. The van der Waals surface area contributed by atoms with Crippen molar-refractivity contribution in [1.82, 2.24) is 9.78 Å². The van der Waals surface area contributed by atoms with Gasteiger partial charge in [0.15, 0.2) is 0 Å². The van der Waals surface area contributed by atoms with Crippen LogP contribution in [0.2, 0.25) is 0 Å². The predicted molar refractivity (Wildman–Crippen MR) is 73.2 cm³/mol. The second-order valence-electron chi connectivity index (χ2n) is 4.83. The quantitative estimate of drug-likeness (QED) is 0.636. The second kappa shape index (κ2) is 5.42. The third-order valence-corrected chi connectivity index (χ3v) is 3.46. The third-order valence-electron chi connectivity index (χ3n) is 3.46. The summed E-state index contributed by atoms with van der Waals surface area (Å²) in [7, 11) is 0. The summed E-state index contributed by atoms with van der Waals surface area (Å²) < 4.78 is 7.50. The van der Waals surface area contributed by atoms with Crippen LogP contribution in [0.4, 0.5) is 5.69 Å². The number of nitro groups is 1. The van der Waals surface area contributed by atoms with Gasteiger partial charge in [0.05, 0.1) is 11.1 Å². The molecule has 2 heterocycles. The number of ether oxygens (including phenoxy) is 1. The Labute approximate surface area is 116 Å². The topological polar surface area (TPSA) is 70.2 Å². The summed E-state index contributed by atoms with van der Waals surface area (Å²) >= 11 is 0. The third kappa shape index (κ3) is 2.55. The van der Waals surface area contributed by atoms with Crippen molar-refractivity contribution in [3.8, 4) is 11.1 Å². The van der Waals surface area contributed by atoms with Crippen molar-refractivity contribution in [3.63, 3.8) is 0 Å². The van der Waals surface area contributed by atoms with E-state index in [2.05, 4.69) is 5.10 Å². The van der Waals surface area contributed by atoms with Crippen molar-refractivity contribution in [1.29, 1.82) is 0 Å². The molecule has 20 heavy (non-hydrogen) atoms. The molecule has 1 fully saturated rings. The molecular weight excluding hydrogens is 258 g/mol. The van der Waals surface area contributed by atoms with Crippen LogP contribution >= 0.6 is 0 Å². The SMILES string of the molecule is O=[N+]([O-])c1ccc(-c2cnn(C3CCCCO3)c2)cc1. The van der Waals surface area contributed by atoms with Gasteiger partial charge in [0, 0.05) is 30.5 Å². The van der Waals surface area contributed by atoms with E-state index in [4.69, 9.17) is 4.74 Å². The highest BCUT2D eigenvalue weighted by molar-refractivity contribution is 5.63. The van der Waals surface area contributed by atoms with Crippen molar-refractivity contribution >= 4 is 5.69 Å². The number of non-ortho nitro benzene ring substituents is 1. The van der Waals surface area contributed by atoms with Crippen LogP contribution in [0.1, 0.15) is 25.5 Å². The van der Waals surface area contributed by atoms with Crippen LogP contribution in [0.3, 0.4) is 0 Å². The van der Waals surface area contributed by atoms with E-state index >= 15 is 0 Å². The molecule has 3 rings (SSSR count). The molecule has 0 spiro atoms. The van der Waals surface area contributed by atoms with Crippen molar-refractivity contribution in [3.05, 3.63) is 46.8 Å². The van der Waals surface area contributed by atoms with Gasteiger partial charge in [-0.2, -0.15) is 5.10 Å². The molecule has 6 heteroatoms. The number of hydrogen-bond acceptors (Lipinski definition) is 4. The van der Waals surface area contributed by atoms with Gasteiger partial charge in [-0.15, -0.1) is 0 Å². The molecule has 1 aliphatic heterocycles. The Morgan fingerprint density at radius 2 is 2.05 bits per heavy atom. The van der Waals surface area contributed by atoms with Gasteiger partial charge in [0.1, 0.15) is 6.23 Å². The lowest BCUT2D eigenvalue weighted by molar-refractivity contribution is -0.384. The van der Waals surface area contributed by atoms with Crippen molar-refractivity contribution in [2.75, 3.05) is 6.61 Å². The smallest absolute Gasteiger partial charge is 0.269 e. The number of aromatic nitrogens is 2. The average Bonchev–Trinajstić information content (AvgIpc) is 2.98. The normalized spacial score (nSPS) is 18.9. The van der Waals surface area contributed by atoms with E-state index in [1.54, 1.807) is 18.3 Å². The molecule has 0 bridgehead atoms. The zero-order chi connectivity index (χ0) is 13.9. The predicted octanol–water partition coefficient (Wildman–Crippen LogP) is 3.16. The Bertz CT molecular complexity index is 600. The maximum absolute atomic E-state index is 10.6. The molecule has 1 atom stereocenters. The Kier molecular flexibility index (Phi) is 3.47. The standard InChI is InChI=1S/C14H15N3O3/c18-17(19)13-6-4-11(5-7-13)12-9-15-16(10-12)14-3-1-2-8-20-14/h4-7,9-10,14H,1-3,8H2. The number of nitro benzene ring substituents is 1. The molecule has 0 aliphatic carbocycles. The number of nitrogens with zero attached hydrogens (tertiary/aromatic N) is 3. The van der Waals surface area contributed by atoms with Gasteiger partial charge in [-0.1, -0.05) is 0 Å². The molecule has 0 saturated carbocycles. The van der Waals surface area contributed by atoms with E-state index in [0.717, 1.165) is 37.0 Å². The highest BCUT2D eigenvalue weighted by atomic mass is 16.6. The van der Waals surface area contributed by atoms with Crippen LogP contribution in [0.5, 0.6) is 0 Å². The monoisotopic (exact) mass is 273 g/mol. The number of benzene rings is 1. The largest absolute Gasteiger partial charge is 0.357 e. The lowest BCUT2D eigenvalue weighted by atomic mass is 10.1. The summed E-state index contributed by atoms with van der Waals surface area (Å²) in [4.78, 5) is 10.2. The molecule has 104 valence electrons. The lowest BCUT2D eigenvalue weighted by Crippen LogP contribution is -2.18. The first kappa shape index (κ1) is 12.8. The van der Waals surface area contributed by atoms with Gasteiger partial charge in [0.25, 0.3) is 5.69 Å². The molecule has 1 aliphatic rings. The summed E-state index contributed by atoms with van der Waals surface area (Å²) in [5.41, 5.74) is 1.95. The van der Waals surface area contributed by atoms with E-state index in [1.807, 2.05) is 10.9 Å². The fourth-order valence-corrected chi connectivity index (χ4v) is 2.35. The van der Waals surface area contributed by atoms with E-state index in [1.165, 1.54) is 12.1 Å². The van der Waals surface area contributed by atoms with Crippen LogP contribution in [0.15, 0.2) is 36.7 Å². The molecule has 1 aromatic heterocycles. The summed E-state index contributed by atoms with van der Waals surface area (Å²) in [6.07, 6.45) is 6.93. The zero-order valence-corrected chi connectivity index (χ0v) is 10.9. The minimum Gasteiger partial charge on any atom is -0.357 e. The van der Waals surface area contributed by atoms with Crippen LogP contribution < -0.4 is 0 Å². The summed E-state index contributed by atoms with van der Waals surface area (Å²) in [5, 5.41) is 15.0. The van der Waals surface area contributed by atoms with E-state index in [9.17, 15) is 10.1 Å². The molecule has 2 aromatic rings. The molecule has 1 unspecified atom stereocenters. The average molecular weight is 273 g/mol. The van der Waals surface area contributed by atoms with Crippen molar-refractivity contribution in [2.45, 2.75) is 25.5 Å². The van der Waals surface area contributed by atoms with E-state index in [-0.39, 0.29) is 11.9 Å². The fourth-order valence-electron chi connectivity index (χ4n) is 2.35. The fraction of sp³-hybridized carbons (Fsp3) is 0.357. The maximum atomic E-state index is 10.6. The zero-order valence-electron chi connectivity index (χ0n) is 10.9. The summed E-state index contributed by atoms with van der Waals surface area (Å²) in [5.74, 6) is 0. The maximum Gasteiger partial charge on any atom is 0.269 e. The van der Waals surface area contributed by atoms with Crippen LogP contribution in [0.25, 0.3) is 11.1 Å². The first-order chi connectivity index (χ1) is 9.74. The molecule has 1 aromatic carbocycles. The highest BCUT2D eigenvalue weighted by Crippen LogP contribution is 2.26. The van der Waals surface area contributed by atoms with E-state index in [0.29, 0.717) is 0 Å². The van der Waals surface area contributed by atoms with Gasteiger partial charge < -0.3 is 4.74 Å². The van der Waals surface area contributed by atoms with Gasteiger partial charge in [0.2, 0.25) is 0 Å². The van der Waals surface area contributed by atoms with Gasteiger partial charge in [-0.05, 0) is 37.0 Å². The van der Waals surface area contributed by atoms with Crippen molar-refractivity contribution < 1.29 is 9.66 Å². The first-order valence-electron chi connectivity index (χ1n) is 6.64. The van der Waals surface area contributed by atoms with Crippen LogP contribution in [-0.4, -0.2) is 21.3 Å². The number of rotatable bonds is 3. The highest BCUT2D eigenvalue weighted by Gasteiger charge is 2.16. The molecular formula is C14H15N3O3. The number of hydrogen-bond donors (Lipinski definition) is 0. The lowest BCUT2D eigenvalue weighted by Gasteiger charge is -2.22. The second-order valence-corrected chi connectivity index (χ2v) is 4.83. The Balaban J connectivity index is 1.80. The van der Waals surface area contributed by atoms with E-state index < -0.39 is 4.92 Å². The van der Waals surface area contributed by atoms with Crippen LogP contribution in [-0.2, 0) is 4.74 Å². The molecule has 0 amide bonds. The van der Waals surface area contributed by atoms with Gasteiger partial charge in [-0.3, -0.25) is 10.1 Å². The summed E-state index contributed by atoms with van der Waals surface area (Å²) in [6, 6.07) is 6.48. The Morgan fingerprint density at radius 1 is 1.25 bits per heavy atom. The Hall–Kier alpha value is -2.21. The van der Waals surface area contributed by atoms with Crippen LogP contribution in [0, 0.1) is 10.1 Å². The molecule has 1 saturated heterocycles. The molecule has 6 nitrogen and oxygen atoms in total. The minimum atomic E-state index is -0.400. The van der Waals surface area contributed by atoms with Crippen molar-refractivity contribution in [2.24, 2.45) is 0 Å². The summed E-state index contributed by atoms with van der Waals surface area (Å²) in [6.45, 7) is 0.775. The molecule has 0 N–H and O–H groups in total. The van der Waals surface area contributed by atoms with Gasteiger partial charge in [-0.25, -0.2) is 4.68 Å². The van der Waals surface area contributed by atoms with Gasteiger partial charge >= 0.3 is 0 Å². The first-order valence-corrected chi connectivity index (χ1v) is 6.64. The minimum absolute atomic E-state index is 0.00977. The molecule has 0 radical (unpaired) electrons.